The van der Waals surface area contributed by atoms with E-state index in [2.05, 4.69) is 51.8 Å². The van der Waals surface area contributed by atoms with Gasteiger partial charge in [-0.25, -0.2) is 19.9 Å². The Kier molecular flexibility index (Phi) is 5.24. The first-order valence-corrected chi connectivity index (χ1v) is 8.11. The Labute approximate surface area is 147 Å². The van der Waals surface area contributed by atoms with Gasteiger partial charge in [0.2, 0.25) is 10.6 Å². The van der Waals surface area contributed by atoms with Gasteiger partial charge in [-0.05, 0) is 62.0 Å². The zero-order chi connectivity index (χ0) is 15.0. The van der Waals surface area contributed by atoms with Gasteiger partial charge in [0, 0.05) is 5.92 Å². The smallest absolute Gasteiger partial charge is 0.222 e. The van der Waals surface area contributed by atoms with E-state index in [1.54, 1.807) is 0 Å². The van der Waals surface area contributed by atoms with Gasteiger partial charge in [-0.1, -0.05) is 18.5 Å². The lowest BCUT2D eigenvalue weighted by Gasteiger charge is -2.15. The molecule has 0 aliphatic carbocycles. The van der Waals surface area contributed by atoms with Crippen LogP contribution in [0.4, 0.5) is 0 Å². The third-order valence-electron chi connectivity index (χ3n) is 2.64. The molecule has 0 saturated carbocycles. The molecule has 9 heteroatoms. The van der Waals surface area contributed by atoms with Crippen LogP contribution in [0.2, 0.25) is 15.7 Å². The number of aromatic nitrogens is 4. The molecule has 2 heterocycles. The lowest BCUT2D eigenvalue weighted by atomic mass is 10.0. The highest BCUT2D eigenvalue weighted by molar-refractivity contribution is 9.11. The quantitative estimate of drug-likeness (QED) is 0.455. The van der Waals surface area contributed by atoms with Crippen molar-refractivity contribution in [3.05, 3.63) is 41.7 Å². The summed E-state index contributed by atoms with van der Waals surface area (Å²) in [5, 5.41) is 0.503. The van der Waals surface area contributed by atoms with Gasteiger partial charge in [-0.15, -0.1) is 0 Å². The fraction of sp³-hybridized carbons (Fsp3) is 0.273. The number of halogens is 5. The van der Waals surface area contributed by atoms with E-state index in [0.717, 1.165) is 10.2 Å². The van der Waals surface area contributed by atoms with Crippen molar-refractivity contribution in [2.24, 2.45) is 0 Å². The Morgan fingerprint density at radius 3 is 1.95 bits per heavy atom. The maximum absolute atomic E-state index is 6.00. The minimum absolute atomic E-state index is 0.0769. The van der Waals surface area contributed by atoms with E-state index in [1.165, 1.54) is 0 Å². The van der Waals surface area contributed by atoms with Gasteiger partial charge in [-0.3, -0.25) is 0 Å². The van der Waals surface area contributed by atoms with Crippen LogP contribution in [0.3, 0.4) is 0 Å². The fourth-order valence-electron chi connectivity index (χ4n) is 1.66. The summed E-state index contributed by atoms with van der Waals surface area (Å²) < 4.78 is 1.35. The molecule has 1 unspecified atom stereocenters. The molecule has 20 heavy (non-hydrogen) atoms. The van der Waals surface area contributed by atoms with E-state index in [1.807, 2.05) is 13.8 Å². The number of hydrogen-bond acceptors (Lipinski definition) is 4. The molecule has 0 bridgehead atoms. The minimum atomic E-state index is -0.198. The Morgan fingerprint density at radius 1 is 0.850 bits per heavy atom. The second kappa shape index (κ2) is 6.40. The van der Waals surface area contributed by atoms with Crippen LogP contribution in [-0.4, -0.2) is 19.9 Å². The predicted molar refractivity (Wildman–Crippen MR) is 86.7 cm³/mol. The van der Waals surface area contributed by atoms with Crippen LogP contribution in [0.5, 0.6) is 0 Å². The van der Waals surface area contributed by atoms with Gasteiger partial charge in [0.25, 0.3) is 0 Å². The zero-order valence-corrected chi connectivity index (χ0v) is 15.7. The molecule has 0 N–H and O–H groups in total. The van der Waals surface area contributed by atoms with Gasteiger partial charge in [-0.2, -0.15) is 0 Å². The van der Waals surface area contributed by atoms with Gasteiger partial charge in [0.1, 0.15) is 5.15 Å². The highest BCUT2D eigenvalue weighted by Gasteiger charge is 2.22. The average molecular weight is 461 g/mol. The van der Waals surface area contributed by atoms with Crippen LogP contribution in [0, 0.1) is 6.92 Å². The molecule has 0 radical (unpaired) electrons. The van der Waals surface area contributed by atoms with Crippen LogP contribution in [-0.2, 0) is 0 Å². The largest absolute Gasteiger partial charge is 0.224 e. The van der Waals surface area contributed by atoms with Crippen molar-refractivity contribution in [1.29, 1.82) is 0 Å². The molecule has 2 aromatic heterocycles. The molecular formula is C11H7Br2Cl3N4. The van der Waals surface area contributed by atoms with E-state index in [9.17, 15) is 0 Å². The normalized spacial score (nSPS) is 12.6. The summed E-state index contributed by atoms with van der Waals surface area (Å²) in [6.45, 7) is 3.76. The minimum Gasteiger partial charge on any atom is -0.222 e. The fourth-order valence-corrected chi connectivity index (χ4v) is 3.31. The molecule has 0 saturated heterocycles. The summed E-state index contributed by atoms with van der Waals surface area (Å²) in [5.41, 5.74) is 2.08. The zero-order valence-electron chi connectivity index (χ0n) is 10.3. The van der Waals surface area contributed by atoms with Crippen LogP contribution in [0.25, 0.3) is 0 Å². The Balaban J connectivity index is 2.60. The molecule has 0 amide bonds. The molecule has 0 fully saturated rings. The highest BCUT2D eigenvalue weighted by Crippen LogP contribution is 2.36. The predicted octanol–water partition coefficient (Wildman–Crippen LogP) is 5.21. The molecule has 0 aliphatic rings. The monoisotopic (exact) mass is 458 g/mol. The molecule has 0 aromatic carbocycles. The maximum Gasteiger partial charge on any atom is 0.224 e. The summed E-state index contributed by atoms with van der Waals surface area (Å²) in [5.74, 6) is -0.198. The Hall–Kier alpha value is -0.0100. The number of hydrogen-bond donors (Lipinski definition) is 0. The summed E-state index contributed by atoms with van der Waals surface area (Å²) in [4.78, 5) is 16.4. The third-order valence-corrected chi connectivity index (χ3v) is 5.25. The standard InChI is InChI=1S/C11H7Br2Cl3N4/c1-3(7-5(12)4(2)17-10(15)18-7)8-6(13)9(14)20-11(16)19-8/h3H,1-2H3. The highest BCUT2D eigenvalue weighted by atomic mass is 79.9. The lowest BCUT2D eigenvalue weighted by molar-refractivity contribution is 0.798. The molecule has 0 spiro atoms. The number of aryl methyl sites for hydroxylation is 1. The van der Waals surface area contributed by atoms with Gasteiger partial charge in [0.15, 0.2) is 0 Å². The molecule has 1 atom stereocenters. The summed E-state index contributed by atoms with van der Waals surface area (Å²) in [7, 11) is 0. The molecule has 106 valence electrons. The van der Waals surface area contributed by atoms with Crippen molar-refractivity contribution in [3.8, 4) is 0 Å². The van der Waals surface area contributed by atoms with E-state index < -0.39 is 0 Å². The summed E-state index contributed by atoms with van der Waals surface area (Å²) in [6.07, 6.45) is 0. The van der Waals surface area contributed by atoms with Crippen LogP contribution >= 0.6 is 66.7 Å². The number of nitrogens with zero attached hydrogens (tertiary/aromatic N) is 4. The topological polar surface area (TPSA) is 51.6 Å². The molecule has 2 rings (SSSR count). The Bertz CT molecular complexity index is 624. The van der Waals surface area contributed by atoms with Gasteiger partial charge in [0.05, 0.1) is 26.0 Å². The summed E-state index contributed by atoms with van der Waals surface area (Å²) >= 11 is 24.6. The van der Waals surface area contributed by atoms with E-state index >= 15 is 0 Å². The van der Waals surface area contributed by atoms with Crippen LogP contribution in [0.1, 0.15) is 29.9 Å². The van der Waals surface area contributed by atoms with Crippen molar-refractivity contribution in [1.82, 2.24) is 19.9 Å². The van der Waals surface area contributed by atoms with Gasteiger partial charge >= 0.3 is 0 Å². The second-order valence-corrected chi connectivity index (χ2v) is 6.60. The summed E-state index contributed by atoms with van der Waals surface area (Å²) in [6, 6.07) is 0. The average Bonchev–Trinajstić information content (AvgIpc) is 2.37. The first-order valence-electron chi connectivity index (χ1n) is 5.39. The van der Waals surface area contributed by atoms with Crippen LogP contribution in [0.15, 0.2) is 8.95 Å². The third kappa shape index (κ3) is 3.25. The molecule has 2 aromatic rings. The van der Waals surface area contributed by atoms with Crippen molar-refractivity contribution in [2.75, 3.05) is 0 Å². The SMILES string of the molecule is Cc1nc(Cl)nc(C(C)c2nc(Cl)nc(Cl)c2Br)c1Br. The molecule has 0 aliphatic heterocycles. The van der Waals surface area contributed by atoms with Crippen molar-refractivity contribution >= 4 is 66.7 Å². The van der Waals surface area contributed by atoms with Gasteiger partial charge < -0.3 is 0 Å². The molecular weight excluding hydrogens is 454 g/mol. The second-order valence-electron chi connectivity index (χ2n) is 3.98. The maximum atomic E-state index is 6.00. The van der Waals surface area contributed by atoms with Crippen LogP contribution < -0.4 is 0 Å². The Morgan fingerprint density at radius 2 is 1.35 bits per heavy atom. The van der Waals surface area contributed by atoms with E-state index in [0.29, 0.717) is 15.9 Å². The van der Waals surface area contributed by atoms with Crippen molar-refractivity contribution < 1.29 is 0 Å². The van der Waals surface area contributed by atoms with Crippen molar-refractivity contribution in [3.63, 3.8) is 0 Å². The first-order chi connectivity index (χ1) is 9.31. The first kappa shape index (κ1) is 16.4. The lowest BCUT2D eigenvalue weighted by Crippen LogP contribution is -2.07. The van der Waals surface area contributed by atoms with E-state index in [-0.39, 0.29) is 21.6 Å². The molecule has 4 nitrogen and oxygen atoms in total. The number of rotatable bonds is 2. The van der Waals surface area contributed by atoms with Crippen molar-refractivity contribution in [2.45, 2.75) is 19.8 Å². The van der Waals surface area contributed by atoms with E-state index in [4.69, 9.17) is 34.8 Å².